The summed E-state index contributed by atoms with van der Waals surface area (Å²) >= 11 is 0. The minimum atomic E-state index is 0.608. The Hall–Kier alpha value is -7.34. The van der Waals surface area contributed by atoms with Crippen molar-refractivity contribution in [2.24, 2.45) is 0 Å². The summed E-state index contributed by atoms with van der Waals surface area (Å²) in [6, 6.07) is 62.6. The van der Waals surface area contributed by atoms with Gasteiger partial charge in [0, 0.05) is 50.0 Å². The molecule has 0 unspecified atom stereocenters. The molecule has 0 atom stereocenters. The van der Waals surface area contributed by atoms with Crippen LogP contribution in [-0.2, 0) is 0 Å². The lowest BCUT2D eigenvalue weighted by molar-refractivity contribution is 1.18. The first-order valence-corrected chi connectivity index (χ1v) is 16.8. The normalized spacial score (nSPS) is 11.1. The zero-order valence-electron chi connectivity index (χ0n) is 27.5. The summed E-state index contributed by atoms with van der Waals surface area (Å²) < 4.78 is 2.37. The Kier molecular flexibility index (Phi) is 7.17. The third kappa shape index (κ3) is 4.93. The highest BCUT2D eigenvalue weighted by molar-refractivity contribution is 6.29. The summed E-state index contributed by atoms with van der Waals surface area (Å²) in [5.74, 6) is 0. The largest absolute Gasteiger partial charge is 0.310 e. The van der Waals surface area contributed by atoms with Crippen LogP contribution in [0.4, 0.5) is 39.8 Å². The second-order valence-electron chi connectivity index (χ2n) is 12.4. The second kappa shape index (κ2) is 12.3. The molecule has 0 radical (unpaired) electrons. The molecule has 0 fully saturated rings. The summed E-state index contributed by atoms with van der Waals surface area (Å²) in [5.41, 5.74) is 10.7. The van der Waals surface area contributed by atoms with Crippen molar-refractivity contribution in [2.45, 2.75) is 0 Å². The summed E-state index contributed by atoms with van der Waals surface area (Å²) in [6.07, 6.45) is 0. The van der Waals surface area contributed by atoms with Gasteiger partial charge in [-0.1, -0.05) is 78.9 Å². The van der Waals surface area contributed by atoms with Crippen molar-refractivity contribution in [2.75, 3.05) is 9.80 Å². The topological polar surface area (TPSA) is 39.6 Å². The Balaban J connectivity index is 1.36. The van der Waals surface area contributed by atoms with Crippen LogP contribution in [0.1, 0.15) is 5.56 Å². The molecule has 0 aliphatic rings. The van der Waals surface area contributed by atoms with E-state index in [1.807, 2.05) is 60.7 Å². The van der Waals surface area contributed by atoms with E-state index in [2.05, 4.69) is 141 Å². The maximum Gasteiger partial charge on any atom is 0.187 e. The molecule has 51 heavy (non-hydrogen) atoms. The van der Waals surface area contributed by atoms with Gasteiger partial charge in [-0.25, -0.2) is 4.85 Å². The molecule has 0 spiro atoms. The van der Waals surface area contributed by atoms with E-state index < -0.39 is 0 Å². The van der Waals surface area contributed by atoms with E-state index in [-0.39, 0.29) is 0 Å². The smallest absolute Gasteiger partial charge is 0.187 e. The molecule has 9 rings (SSSR count). The van der Waals surface area contributed by atoms with Crippen molar-refractivity contribution in [3.05, 3.63) is 193 Å². The highest BCUT2D eigenvalue weighted by Crippen LogP contribution is 2.49. The Bertz CT molecular complexity index is 2570. The monoisotopic (exact) mass is 651 g/mol. The average molecular weight is 652 g/mol. The number of para-hydroxylation sites is 3. The molecule has 8 aromatic carbocycles. The molecule has 0 aliphatic heterocycles. The predicted octanol–water partition coefficient (Wildman–Crippen LogP) is 12.7. The fraction of sp³-hybridized carbons (Fsp3) is 0. The summed E-state index contributed by atoms with van der Waals surface area (Å²) in [7, 11) is 0. The van der Waals surface area contributed by atoms with E-state index in [1.165, 1.54) is 10.8 Å². The van der Waals surface area contributed by atoms with Gasteiger partial charge in [0.25, 0.3) is 0 Å². The number of nitriles is 1. The molecule has 5 heteroatoms. The highest BCUT2D eigenvalue weighted by atomic mass is 15.2. The van der Waals surface area contributed by atoms with Crippen molar-refractivity contribution in [1.82, 2.24) is 4.57 Å². The number of hydrogen-bond acceptors (Lipinski definition) is 3. The van der Waals surface area contributed by atoms with Gasteiger partial charge in [0.05, 0.1) is 40.6 Å². The summed E-state index contributed by atoms with van der Waals surface area (Å²) in [5, 5.41) is 14.1. The number of benzene rings is 8. The number of rotatable bonds is 7. The molecule has 9 aromatic rings. The predicted molar refractivity (Wildman–Crippen MR) is 210 cm³/mol. The van der Waals surface area contributed by atoms with Gasteiger partial charge < -0.3 is 14.4 Å². The van der Waals surface area contributed by atoms with Gasteiger partial charge in [-0.2, -0.15) is 5.26 Å². The molecular weight excluding hydrogens is 623 g/mol. The minimum absolute atomic E-state index is 0.608. The van der Waals surface area contributed by atoms with E-state index in [4.69, 9.17) is 6.57 Å². The summed E-state index contributed by atoms with van der Waals surface area (Å²) in [4.78, 5) is 8.19. The van der Waals surface area contributed by atoms with E-state index in [0.29, 0.717) is 11.3 Å². The van der Waals surface area contributed by atoms with E-state index in [0.717, 1.165) is 61.6 Å². The number of nitrogens with zero attached hydrogens (tertiary/aromatic N) is 5. The molecule has 0 amide bonds. The first kappa shape index (κ1) is 29.8. The molecule has 5 nitrogen and oxygen atoms in total. The molecule has 0 bridgehead atoms. The number of hydrogen-bond donors (Lipinski definition) is 0. The van der Waals surface area contributed by atoms with Gasteiger partial charge in [0.2, 0.25) is 0 Å². The van der Waals surface area contributed by atoms with Gasteiger partial charge in [-0.05, 0) is 97.1 Å². The molecule has 1 heterocycles. The molecular formula is C46H29N5. The molecule has 0 saturated heterocycles. The van der Waals surface area contributed by atoms with Gasteiger partial charge in [0.1, 0.15) is 0 Å². The van der Waals surface area contributed by atoms with Crippen molar-refractivity contribution in [3.63, 3.8) is 0 Å². The fourth-order valence-corrected chi connectivity index (χ4v) is 7.34. The Morgan fingerprint density at radius 3 is 1.35 bits per heavy atom. The van der Waals surface area contributed by atoms with Crippen molar-refractivity contribution >= 4 is 72.4 Å². The molecule has 0 saturated carbocycles. The van der Waals surface area contributed by atoms with E-state index in [1.54, 1.807) is 0 Å². The number of aromatic nitrogens is 1. The van der Waals surface area contributed by atoms with E-state index >= 15 is 0 Å². The molecule has 0 aliphatic carbocycles. The third-order valence-corrected chi connectivity index (χ3v) is 9.57. The Morgan fingerprint density at radius 1 is 0.471 bits per heavy atom. The van der Waals surface area contributed by atoms with Crippen LogP contribution >= 0.6 is 0 Å². The van der Waals surface area contributed by atoms with Crippen LogP contribution in [-0.4, -0.2) is 4.57 Å². The lowest BCUT2D eigenvalue weighted by atomic mass is 9.98. The molecule has 0 N–H and O–H groups in total. The molecule has 1 aromatic heterocycles. The maximum atomic E-state index is 9.55. The van der Waals surface area contributed by atoms with E-state index in [9.17, 15) is 5.26 Å². The SMILES string of the molecule is [C-]#[N+]c1ccc(N(c2ccccc2)c2ccc3c4c2ccc2c(N(c5ccccc5)c5ccc(C#N)cc5)ccc(c24)n3-c2ccccc2)cc1. The first-order valence-electron chi connectivity index (χ1n) is 16.8. The van der Waals surface area contributed by atoms with Gasteiger partial charge in [-0.3, -0.25) is 0 Å². The lowest BCUT2D eigenvalue weighted by Gasteiger charge is -2.28. The van der Waals surface area contributed by atoms with Crippen LogP contribution < -0.4 is 9.80 Å². The molecule has 238 valence electrons. The van der Waals surface area contributed by atoms with Crippen LogP contribution in [0.15, 0.2) is 176 Å². The Morgan fingerprint density at radius 2 is 0.902 bits per heavy atom. The first-order chi connectivity index (χ1) is 25.2. The van der Waals surface area contributed by atoms with Crippen molar-refractivity contribution in [3.8, 4) is 11.8 Å². The standard InChI is InChI=1S/C46H29N5/c1-48-33-19-23-38(24-20-33)50(35-13-7-3-8-14-35)42-28-30-44-46-40(42)26-25-39-41(27-29-43(45(39)46)51(44)36-15-9-4-10-16-36)49(34-11-5-2-6-12-34)37-21-17-32(31-47)18-22-37/h2-30H. The van der Waals surface area contributed by atoms with Crippen LogP contribution in [0.3, 0.4) is 0 Å². The quantitative estimate of drug-likeness (QED) is 0.127. The van der Waals surface area contributed by atoms with Gasteiger partial charge >= 0.3 is 0 Å². The van der Waals surface area contributed by atoms with Crippen LogP contribution in [0.2, 0.25) is 0 Å². The highest BCUT2D eigenvalue weighted by Gasteiger charge is 2.25. The van der Waals surface area contributed by atoms with Gasteiger partial charge in [0.15, 0.2) is 5.69 Å². The van der Waals surface area contributed by atoms with Gasteiger partial charge in [-0.15, -0.1) is 0 Å². The third-order valence-electron chi connectivity index (χ3n) is 9.57. The zero-order valence-corrected chi connectivity index (χ0v) is 27.5. The maximum absolute atomic E-state index is 9.55. The van der Waals surface area contributed by atoms with Crippen LogP contribution in [0.5, 0.6) is 0 Å². The number of anilines is 6. The fourth-order valence-electron chi connectivity index (χ4n) is 7.34. The summed E-state index contributed by atoms with van der Waals surface area (Å²) in [6.45, 7) is 7.52. The van der Waals surface area contributed by atoms with Crippen LogP contribution in [0.25, 0.3) is 43.1 Å². The second-order valence-corrected chi connectivity index (χ2v) is 12.4. The average Bonchev–Trinajstić information content (AvgIpc) is 3.55. The minimum Gasteiger partial charge on any atom is -0.310 e. The Labute approximate surface area is 295 Å². The lowest BCUT2D eigenvalue weighted by Crippen LogP contribution is -2.11. The van der Waals surface area contributed by atoms with Crippen LogP contribution in [0, 0.1) is 17.9 Å². The van der Waals surface area contributed by atoms with Crippen molar-refractivity contribution < 1.29 is 0 Å². The van der Waals surface area contributed by atoms with Crippen molar-refractivity contribution in [1.29, 1.82) is 5.26 Å². The zero-order chi connectivity index (χ0) is 34.3.